The number of hydrogen-bond acceptors (Lipinski definition) is 3. The molecule has 31 heavy (non-hydrogen) atoms. The number of aromatic hydroxyl groups is 1. The quantitative estimate of drug-likeness (QED) is 0.474. The van der Waals surface area contributed by atoms with Gasteiger partial charge >= 0.3 is 0 Å². The fourth-order valence-electron chi connectivity index (χ4n) is 5.38. The van der Waals surface area contributed by atoms with Crippen molar-refractivity contribution in [3.63, 3.8) is 0 Å². The van der Waals surface area contributed by atoms with Crippen molar-refractivity contribution >= 4 is 21.7 Å². The predicted molar refractivity (Wildman–Crippen MR) is 116 cm³/mol. The number of piperidine rings is 1. The van der Waals surface area contributed by atoms with E-state index in [0.717, 1.165) is 24.2 Å². The highest BCUT2D eigenvalue weighted by Gasteiger charge is 2.54. The van der Waals surface area contributed by atoms with E-state index in [0.29, 0.717) is 34.0 Å². The summed E-state index contributed by atoms with van der Waals surface area (Å²) in [5, 5.41) is 15.0. The van der Waals surface area contributed by atoms with Gasteiger partial charge in [0.2, 0.25) is 0 Å². The number of fused-ring (bicyclic) bond motifs is 3. The summed E-state index contributed by atoms with van der Waals surface area (Å²) in [6, 6.07) is 6.01. The van der Waals surface area contributed by atoms with Crippen LogP contribution in [0.1, 0.15) is 17.2 Å². The summed E-state index contributed by atoms with van der Waals surface area (Å²) in [6.45, 7) is 3.85. The van der Waals surface area contributed by atoms with Crippen LogP contribution >= 0.6 is 0 Å². The Morgan fingerprint density at radius 3 is 2.71 bits per heavy atom. The lowest BCUT2D eigenvalue weighted by molar-refractivity contribution is 0.476. The summed E-state index contributed by atoms with van der Waals surface area (Å²) < 4.78 is 32.4. The average molecular weight is 415 g/mol. The van der Waals surface area contributed by atoms with Gasteiger partial charge in [0.25, 0.3) is 0 Å². The van der Waals surface area contributed by atoms with Crippen molar-refractivity contribution in [1.82, 2.24) is 14.9 Å². The zero-order valence-corrected chi connectivity index (χ0v) is 16.8. The van der Waals surface area contributed by atoms with E-state index in [1.165, 1.54) is 24.3 Å². The summed E-state index contributed by atoms with van der Waals surface area (Å²) in [4.78, 5) is 4.44. The zero-order valence-electron chi connectivity index (χ0n) is 16.8. The van der Waals surface area contributed by atoms with Gasteiger partial charge in [0.1, 0.15) is 17.3 Å². The van der Waals surface area contributed by atoms with Crippen LogP contribution in [0.3, 0.4) is 0 Å². The lowest BCUT2D eigenvalue weighted by Crippen LogP contribution is -2.16. The van der Waals surface area contributed by atoms with Crippen LogP contribution in [0, 0.1) is 42.7 Å². The van der Waals surface area contributed by atoms with Crippen molar-refractivity contribution < 1.29 is 13.9 Å². The Balaban J connectivity index is 1.61. The number of nitrogens with one attached hydrogen (secondary N) is 1. The van der Waals surface area contributed by atoms with E-state index in [1.807, 2.05) is 13.1 Å². The molecule has 0 amide bonds. The van der Waals surface area contributed by atoms with Gasteiger partial charge in [-0.25, -0.2) is 8.78 Å². The zero-order chi connectivity index (χ0) is 21.4. The van der Waals surface area contributed by atoms with E-state index in [2.05, 4.69) is 20.8 Å². The summed E-state index contributed by atoms with van der Waals surface area (Å²) in [7, 11) is 0. The minimum Gasteiger partial charge on any atom is -0.508 e. The second-order valence-electron chi connectivity index (χ2n) is 8.54. The molecule has 154 valence electrons. The number of phenolic OH excluding ortho intramolecular Hbond substituents is 1. The predicted octanol–water partition coefficient (Wildman–Crippen LogP) is 4.52. The Labute approximate surface area is 177 Å². The molecule has 3 heterocycles. The molecule has 2 aromatic heterocycles. The van der Waals surface area contributed by atoms with Crippen LogP contribution in [-0.2, 0) is 0 Å². The van der Waals surface area contributed by atoms with Crippen molar-refractivity contribution in [2.75, 3.05) is 13.1 Å². The molecule has 0 radical (unpaired) electrons. The van der Waals surface area contributed by atoms with Crippen molar-refractivity contribution in [2.24, 2.45) is 11.8 Å². The smallest absolute Gasteiger partial charge is 0.159 e. The first-order valence-corrected chi connectivity index (χ1v) is 10.3. The molecule has 1 aliphatic carbocycles. The third-order valence-corrected chi connectivity index (χ3v) is 6.82. The van der Waals surface area contributed by atoms with Crippen LogP contribution in [0.2, 0.25) is 0 Å². The molecule has 2 fully saturated rings. The van der Waals surface area contributed by atoms with Gasteiger partial charge in [-0.15, -0.1) is 6.42 Å². The molecule has 4 nitrogen and oxygen atoms in total. The maximum absolute atomic E-state index is 15.9. The fraction of sp³-hybridized carbons (Fsp3) is 0.240. The summed E-state index contributed by atoms with van der Waals surface area (Å²) >= 11 is 0. The minimum absolute atomic E-state index is 0.0291. The molecular weight excluding hydrogens is 396 g/mol. The molecule has 1 saturated heterocycles. The first-order valence-electron chi connectivity index (χ1n) is 10.3. The number of hydrogen-bond donors (Lipinski definition) is 2. The fourth-order valence-corrected chi connectivity index (χ4v) is 5.38. The van der Waals surface area contributed by atoms with Crippen molar-refractivity contribution in [3.05, 3.63) is 59.4 Å². The molecule has 0 spiro atoms. The van der Waals surface area contributed by atoms with Crippen LogP contribution in [0.4, 0.5) is 8.78 Å². The summed E-state index contributed by atoms with van der Waals surface area (Å²) in [5.74, 6) is 2.40. The van der Waals surface area contributed by atoms with E-state index < -0.39 is 11.6 Å². The van der Waals surface area contributed by atoms with Gasteiger partial charge in [-0.1, -0.05) is 12.0 Å². The molecular formula is C25H19F2N3O. The molecule has 0 bridgehead atoms. The number of nitrogens with zero attached hydrogens (tertiary/aromatic N) is 2. The SMILES string of the molecule is C#Cc1c(F)ccc2cc(O)cc(-c3ncc4c(c(C)cn4C4[C@H]5CNC[C@@H]45)c3F)c12. The van der Waals surface area contributed by atoms with Crippen molar-refractivity contribution in [2.45, 2.75) is 13.0 Å². The first-order chi connectivity index (χ1) is 15.0. The molecule has 2 N–H and O–H groups in total. The third-order valence-electron chi connectivity index (χ3n) is 6.82. The van der Waals surface area contributed by atoms with Crippen LogP contribution in [0.15, 0.2) is 36.7 Å². The Bertz CT molecular complexity index is 1440. The molecule has 1 aliphatic heterocycles. The second-order valence-corrected chi connectivity index (χ2v) is 8.54. The maximum Gasteiger partial charge on any atom is 0.159 e. The molecule has 6 rings (SSSR count). The molecule has 1 saturated carbocycles. The highest BCUT2D eigenvalue weighted by Crippen LogP contribution is 2.54. The summed E-state index contributed by atoms with van der Waals surface area (Å²) in [5.41, 5.74) is 1.93. The number of aromatic nitrogens is 2. The van der Waals surface area contributed by atoms with Crippen LogP contribution < -0.4 is 5.32 Å². The number of terminal acetylenes is 1. The number of pyridine rings is 1. The van der Waals surface area contributed by atoms with Crippen molar-refractivity contribution in [3.8, 4) is 29.4 Å². The molecule has 3 atom stereocenters. The number of phenols is 1. The highest BCUT2D eigenvalue weighted by atomic mass is 19.1. The van der Waals surface area contributed by atoms with Gasteiger partial charge in [-0.2, -0.15) is 0 Å². The molecule has 2 aromatic carbocycles. The van der Waals surface area contributed by atoms with E-state index in [1.54, 1.807) is 6.20 Å². The van der Waals surface area contributed by atoms with Gasteiger partial charge in [0, 0.05) is 41.7 Å². The van der Waals surface area contributed by atoms with Gasteiger partial charge in [0.15, 0.2) is 5.82 Å². The lowest BCUT2D eigenvalue weighted by Gasteiger charge is -2.13. The van der Waals surface area contributed by atoms with E-state index in [9.17, 15) is 9.50 Å². The van der Waals surface area contributed by atoms with E-state index in [4.69, 9.17) is 6.42 Å². The number of benzene rings is 2. The Hall–Kier alpha value is -3.43. The molecule has 1 unspecified atom stereocenters. The molecule has 4 aromatic rings. The number of halogens is 2. The van der Waals surface area contributed by atoms with Crippen LogP contribution in [-0.4, -0.2) is 27.7 Å². The standard InChI is InChI=1S/C25H19F2N3O/c1-3-15-19(26)5-4-13-6-14(31)7-16(22(13)15)24-23(27)21-12(2)11-30(20(21)10-29-24)25-17-8-28-9-18(17)25/h1,4-7,10-11,17-18,25,28,31H,8-9H2,2H3/t17-,18+,25?. The van der Waals surface area contributed by atoms with Crippen molar-refractivity contribution in [1.29, 1.82) is 0 Å². The monoisotopic (exact) mass is 415 g/mol. The largest absolute Gasteiger partial charge is 0.508 e. The first kappa shape index (κ1) is 18.3. The van der Waals surface area contributed by atoms with Gasteiger partial charge < -0.3 is 15.0 Å². The highest BCUT2D eigenvalue weighted by molar-refractivity contribution is 6.02. The Morgan fingerprint density at radius 2 is 1.97 bits per heavy atom. The third kappa shape index (κ3) is 2.47. The Kier molecular flexibility index (Phi) is 3.72. The lowest BCUT2D eigenvalue weighted by atomic mass is 9.95. The Morgan fingerprint density at radius 1 is 1.19 bits per heavy atom. The molecule has 2 aliphatic rings. The number of aryl methyl sites for hydroxylation is 1. The van der Waals surface area contributed by atoms with E-state index in [-0.39, 0.29) is 22.6 Å². The van der Waals surface area contributed by atoms with Gasteiger partial charge in [-0.05, 0) is 47.9 Å². The van der Waals surface area contributed by atoms with Gasteiger partial charge in [-0.3, -0.25) is 4.98 Å². The topological polar surface area (TPSA) is 50.1 Å². The van der Waals surface area contributed by atoms with E-state index >= 15 is 4.39 Å². The number of rotatable bonds is 2. The maximum atomic E-state index is 15.9. The van der Waals surface area contributed by atoms with Crippen LogP contribution in [0.5, 0.6) is 5.75 Å². The summed E-state index contributed by atoms with van der Waals surface area (Å²) in [6.07, 6.45) is 9.24. The normalized spacial score (nSPS) is 22.1. The van der Waals surface area contributed by atoms with Crippen LogP contribution in [0.25, 0.3) is 32.9 Å². The second kappa shape index (κ2) is 6.29. The molecule has 6 heteroatoms. The van der Waals surface area contributed by atoms with Gasteiger partial charge in [0.05, 0.1) is 17.3 Å². The average Bonchev–Trinajstić information content (AvgIpc) is 3.07. The minimum atomic E-state index is -0.570.